The lowest BCUT2D eigenvalue weighted by molar-refractivity contribution is 0.0588. The molecule has 1 aliphatic rings. The summed E-state index contributed by atoms with van der Waals surface area (Å²) in [6.45, 7) is 13.9. The number of ether oxygens (including phenoxy) is 2. The van der Waals surface area contributed by atoms with Crippen LogP contribution in [0.3, 0.4) is 0 Å². The van der Waals surface area contributed by atoms with E-state index >= 15 is 0 Å². The summed E-state index contributed by atoms with van der Waals surface area (Å²) in [4.78, 5) is 27.0. The highest BCUT2D eigenvalue weighted by Crippen LogP contribution is 2.37. The Morgan fingerprint density at radius 2 is 2.09 bits per heavy atom. The number of nitrogens with zero attached hydrogens (tertiary/aromatic N) is 6. The highest BCUT2D eigenvalue weighted by Gasteiger charge is 2.29. The number of imidazole rings is 1. The number of hydrogen-bond acceptors (Lipinski definition) is 5. The Kier molecular flexibility index (Phi) is 5.25. The zero-order chi connectivity index (χ0) is 25.1. The van der Waals surface area contributed by atoms with Crippen LogP contribution in [0.2, 0.25) is 0 Å². The molecule has 1 fully saturated rings. The highest BCUT2D eigenvalue weighted by molar-refractivity contribution is 6.10. The molecule has 1 saturated heterocycles. The number of rotatable bonds is 4. The zero-order valence-corrected chi connectivity index (χ0v) is 20.2. The number of aromatic nitrogens is 4. The molecule has 10 heteroatoms. The van der Waals surface area contributed by atoms with Crippen LogP contribution in [-0.2, 0) is 23.1 Å². The summed E-state index contributed by atoms with van der Waals surface area (Å²) < 4.78 is 29.2. The number of amides is 1. The Morgan fingerprint density at radius 1 is 1.34 bits per heavy atom. The van der Waals surface area contributed by atoms with E-state index in [-0.39, 0.29) is 11.8 Å². The van der Waals surface area contributed by atoms with Gasteiger partial charge in [0, 0.05) is 25.2 Å². The maximum Gasteiger partial charge on any atom is 0.415 e. The Bertz CT molecular complexity index is 1520. The maximum atomic E-state index is 14.4. The van der Waals surface area contributed by atoms with Gasteiger partial charge in [0.2, 0.25) is 0 Å². The minimum atomic E-state index is -0.673. The molecule has 0 spiro atoms. The molecule has 0 N–H and O–H groups in total. The fraction of sp³-hybridized carbons (Fsp3) is 0.360. The first-order valence-corrected chi connectivity index (χ1v) is 11.2. The Labute approximate surface area is 201 Å². The van der Waals surface area contributed by atoms with Crippen molar-refractivity contribution in [2.24, 2.45) is 7.05 Å². The van der Waals surface area contributed by atoms with Crippen LogP contribution >= 0.6 is 0 Å². The van der Waals surface area contributed by atoms with Crippen molar-refractivity contribution in [3.63, 3.8) is 0 Å². The minimum absolute atomic E-state index is 0.00862. The maximum absolute atomic E-state index is 14.4. The van der Waals surface area contributed by atoms with Gasteiger partial charge in [-0.15, -0.1) is 0 Å². The average molecular weight is 477 g/mol. The first-order chi connectivity index (χ1) is 16.6. The summed E-state index contributed by atoms with van der Waals surface area (Å²) >= 11 is 0. The van der Waals surface area contributed by atoms with Gasteiger partial charge in [0.05, 0.1) is 37.7 Å². The summed E-state index contributed by atoms with van der Waals surface area (Å²) in [5.41, 5.74) is 2.72. The van der Waals surface area contributed by atoms with Gasteiger partial charge >= 0.3 is 6.09 Å². The van der Waals surface area contributed by atoms with E-state index < -0.39 is 17.5 Å². The molecule has 1 atom stereocenters. The average Bonchev–Trinajstić information content (AvgIpc) is 3.42. The lowest BCUT2D eigenvalue weighted by Crippen LogP contribution is -2.34. The lowest BCUT2D eigenvalue weighted by atomic mass is 10.1. The Hall–Kier alpha value is -3.97. The molecule has 1 amide bonds. The number of pyridine rings is 1. The molecule has 0 bridgehead atoms. The first-order valence-electron chi connectivity index (χ1n) is 11.2. The molecule has 1 aliphatic heterocycles. The van der Waals surface area contributed by atoms with Crippen LogP contribution in [0.4, 0.5) is 20.7 Å². The lowest BCUT2D eigenvalue weighted by Gasteiger charge is -2.24. The molecule has 5 rings (SSSR count). The van der Waals surface area contributed by atoms with Gasteiger partial charge < -0.3 is 18.6 Å². The van der Waals surface area contributed by atoms with Crippen molar-refractivity contribution in [2.45, 2.75) is 39.0 Å². The predicted octanol–water partition coefficient (Wildman–Crippen LogP) is 5.05. The summed E-state index contributed by atoms with van der Waals surface area (Å²) in [6.07, 6.45) is 1.12. The number of fused-ring (bicyclic) bond motifs is 3. The number of halogens is 1. The Balaban J connectivity index is 1.77. The van der Waals surface area contributed by atoms with Gasteiger partial charge in [-0.25, -0.2) is 24.0 Å². The van der Waals surface area contributed by atoms with Crippen LogP contribution in [0, 0.1) is 12.4 Å². The van der Waals surface area contributed by atoms with Crippen LogP contribution < -0.4 is 4.90 Å². The summed E-state index contributed by atoms with van der Waals surface area (Å²) in [7, 11) is 3.47. The standard InChI is InChI=1S/C25H25FN6O3/c1-25(2,3)35-24(33)31(6)23-20-21(30(5)13-28-20)18-10-19(14-7-15(26)9-16(8-14)27-4)32(22(18)29-23)11-17-12-34-17/h7-10,13,17H,11-12H2,1-3,5-6H3. The van der Waals surface area contributed by atoms with Crippen LogP contribution in [0.1, 0.15) is 20.8 Å². The third-order valence-corrected chi connectivity index (χ3v) is 5.77. The number of carbonyl (C=O) groups excluding carboxylic acids is 1. The van der Waals surface area contributed by atoms with Gasteiger partial charge in [0.25, 0.3) is 0 Å². The quantitative estimate of drug-likeness (QED) is 0.304. The monoisotopic (exact) mass is 476 g/mol. The smallest absolute Gasteiger partial charge is 0.415 e. The third kappa shape index (κ3) is 4.19. The second kappa shape index (κ2) is 8.06. The number of aryl methyl sites for hydroxylation is 1. The van der Waals surface area contributed by atoms with Crippen molar-refractivity contribution in [1.29, 1.82) is 0 Å². The summed E-state index contributed by atoms with van der Waals surface area (Å²) in [6, 6.07) is 6.19. The van der Waals surface area contributed by atoms with Crippen LogP contribution in [-0.4, -0.2) is 50.6 Å². The summed E-state index contributed by atoms with van der Waals surface area (Å²) in [5.74, 6) is -0.136. The van der Waals surface area contributed by atoms with E-state index in [4.69, 9.17) is 21.0 Å². The third-order valence-electron chi connectivity index (χ3n) is 5.77. The van der Waals surface area contributed by atoms with Crippen molar-refractivity contribution in [1.82, 2.24) is 19.1 Å². The van der Waals surface area contributed by atoms with E-state index in [1.807, 2.05) is 22.2 Å². The van der Waals surface area contributed by atoms with Gasteiger partial charge in [-0.2, -0.15) is 0 Å². The van der Waals surface area contributed by atoms with E-state index in [9.17, 15) is 9.18 Å². The molecule has 3 aromatic heterocycles. The summed E-state index contributed by atoms with van der Waals surface area (Å²) in [5, 5.41) is 0.797. The van der Waals surface area contributed by atoms with Crippen molar-refractivity contribution in [3.05, 3.63) is 47.8 Å². The van der Waals surface area contributed by atoms with Crippen molar-refractivity contribution >= 4 is 39.7 Å². The molecule has 0 aliphatic carbocycles. The van der Waals surface area contributed by atoms with Gasteiger partial charge in [0.15, 0.2) is 11.5 Å². The fourth-order valence-corrected chi connectivity index (χ4v) is 4.14. The predicted molar refractivity (Wildman–Crippen MR) is 130 cm³/mol. The molecule has 9 nitrogen and oxygen atoms in total. The number of hydrogen-bond donors (Lipinski definition) is 0. The topological polar surface area (TPSA) is 82.1 Å². The van der Waals surface area contributed by atoms with Gasteiger partial charge in [0.1, 0.15) is 22.6 Å². The second-order valence-electron chi connectivity index (χ2n) is 9.67. The van der Waals surface area contributed by atoms with E-state index in [2.05, 4.69) is 9.83 Å². The van der Waals surface area contributed by atoms with Gasteiger partial charge in [-0.05, 0) is 50.6 Å². The molecule has 0 saturated carbocycles. The minimum Gasteiger partial charge on any atom is -0.443 e. The molecule has 4 aromatic rings. The van der Waals surface area contributed by atoms with Crippen molar-refractivity contribution < 1.29 is 18.7 Å². The second-order valence-corrected chi connectivity index (χ2v) is 9.67. The number of epoxide rings is 1. The largest absolute Gasteiger partial charge is 0.443 e. The fourth-order valence-electron chi connectivity index (χ4n) is 4.14. The van der Waals surface area contributed by atoms with E-state index in [1.165, 1.54) is 17.0 Å². The van der Waals surface area contributed by atoms with Crippen LogP contribution in [0.5, 0.6) is 0 Å². The SMILES string of the molecule is [C-]#[N+]c1cc(F)cc(-c2cc3c4c(ncn4C)c(N(C)C(=O)OC(C)(C)C)nc3n2CC2CO2)c1. The van der Waals surface area contributed by atoms with Crippen molar-refractivity contribution in [2.75, 3.05) is 18.6 Å². The first kappa shape index (κ1) is 22.8. The molecule has 1 unspecified atom stereocenters. The zero-order valence-electron chi connectivity index (χ0n) is 20.2. The van der Waals surface area contributed by atoms with Gasteiger partial charge in [-0.3, -0.25) is 4.90 Å². The number of benzene rings is 1. The molecule has 35 heavy (non-hydrogen) atoms. The normalized spacial score (nSPS) is 15.4. The van der Waals surface area contributed by atoms with Crippen molar-refractivity contribution in [3.8, 4) is 11.3 Å². The Morgan fingerprint density at radius 3 is 2.74 bits per heavy atom. The molecule has 1 aromatic carbocycles. The van der Waals surface area contributed by atoms with E-state index in [0.717, 1.165) is 10.9 Å². The highest BCUT2D eigenvalue weighted by atomic mass is 19.1. The van der Waals surface area contributed by atoms with Crippen LogP contribution in [0.15, 0.2) is 30.6 Å². The van der Waals surface area contributed by atoms with E-state index in [0.29, 0.717) is 41.4 Å². The van der Waals surface area contributed by atoms with E-state index in [1.54, 1.807) is 40.2 Å². The number of anilines is 1. The van der Waals surface area contributed by atoms with Crippen LogP contribution in [0.25, 0.3) is 38.2 Å². The van der Waals surface area contributed by atoms with Gasteiger partial charge in [-0.1, -0.05) is 0 Å². The molecular weight excluding hydrogens is 451 g/mol. The molecule has 0 radical (unpaired) electrons. The molecular formula is C25H25FN6O3. The molecule has 180 valence electrons. The number of carbonyl (C=O) groups is 1. The molecule has 4 heterocycles.